The van der Waals surface area contributed by atoms with E-state index in [1.807, 2.05) is 24.3 Å². The van der Waals surface area contributed by atoms with Gasteiger partial charge in [0.25, 0.3) is 0 Å². The Balaban J connectivity index is 0.00000121. The summed E-state index contributed by atoms with van der Waals surface area (Å²) in [5.74, 6) is 1.48. The Morgan fingerprint density at radius 2 is 1.55 bits per heavy atom. The molecule has 0 bridgehead atoms. The first-order valence-electron chi connectivity index (χ1n) is 6.54. The summed E-state index contributed by atoms with van der Waals surface area (Å²) >= 11 is 0. The molecule has 3 rings (SSSR count). The van der Waals surface area contributed by atoms with Crippen LogP contribution in [0.5, 0.6) is 11.5 Å². The van der Waals surface area contributed by atoms with Crippen molar-refractivity contribution in [2.45, 2.75) is 6.92 Å². The minimum absolute atomic E-state index is 0. The first kappa shape index (κ1) is 18.2. The molecule has 22 heavy (non-hydrogen) atoms. The highest BCUT2D eigenvalue weighted by Crippen LogP contribution is 2.35. The van der Waals surface area contributed by atoms with Crippen molar-refractivity contribution >= 4 is 35.7 Å². The second-order valence-electron chi connectivity index (χ2n) is 4.74. The van der Waals surface area contributed by atoms with Gasteiger partial charge in [-0.15, -0.1) is 24.8 Å². The molecule has 0 spiro atoms. The van der Waals surface area contributed by atoms with Crippen molar-refractivity contribution in [2.75, 3.05) is 14.2 Å². The van der Waals surface area contributed by atoms with Gasteiger partial charge in [0.2, 0.25) is 0 Å². The lowest BCUT2D eigenvalue weighted by Gasteiger charge is -2.09. The maximum absolute atomic E-state index is 5.37. The Bertz CT molecular complexity index is 768. The molecule has 1 heterocycles. The van der Waals surface area contributed by atoms with E-state index in [0.29, 0.717) is 0 Å². The summed E-state index contributed by atoms with van der Waals surface area (Å²) in [5, 5.41) is 1.25. The Hall–Kier alpha value is -1.84. The number of hydrogen-bond donors (Lipinski definition) is 1. The van der Waals surface area contributed by atoms with E-state index in [1.54, 1.807) is 14.2 Å². The molecule has 3 nitrogen and oxygen atoms in total. The molecule has 0 fully saturated rings. The molecular formula is C17H19Cl2NO2. The third-order valence-corrected chi connectivity index (χ3v) is 3.64. The van der Waals surface area contributed by atoms with Crippen molar-refractivity contribution in [1.82, 2.24) is 4.98 Å². The van der Waals surface area contributed by atoms with Crippen LogP contribution in [0, 0.1) is 6.92 Å². The van der Waals surface area contributed by atoms with Gasteiger partial charge in [0.15, 0.2) is 11.5 Å². The Kier molecular flexibility index (Phi) is 6.15. The van der Waals surface area contributed by atoms with Crippen LogP contribution in [0.2, 0.25) is 0 Å². The molecule has 3 aromatic rings. The molecule has 1 aromatic heterocycles. The van der Waals surface area contributed by atoms with Crippen molar-refractivity contribution in [3.05, 3.63) is 48.0 Å². The summed E-state index contributed by atoms with van der Waals surface area (Å²) in [6.45, 7) is 2.13. The van der Waals surface area contributed by atoms with Crippen LogP contribution in [0.25, 0.3) is 22.2 Å². The first-order chi connectivity index (χ1) is 9.74. The van der Waals surface area contributed by atoms with E-state index >= 15 is 0 Å². The largest absolute Gasteiger partial charge is 0.493 e. The number of aromatic nitrogens is 1. The highest BCUT2D eigenvalue weighted by atomic mass is 35.5. The molecule has 1 N–H and O–H groups in total. The number of para-hydroxylation sites is 1. The van der Waals surface area contributed by atoms with Crippen LogP contribution in [0.3, 0.4) is 0 Å². The minimum Gasteiger partial charge on any atom is -0.493 e. The summed E-state index contributed by atoms with van der Waals surface area (Å²) in [5.41, 5.74) is 4.60. The van der Waals surface area contributed by atoms with Crippen molar-refractivity contribution in [3.63, 3.8) is 0 Å². The molecule has 118 valence electrons. The standard InChI is InChI=1S/C17H17NO2.2ClH/c1-11-13-6-4-5-7-14(13)18-17(11)12-8-9-15(19-2)16(10-12)20-3;;/h4-10,18H,1-3H3;2*1H. The number of ether oxygens (including phenoxy) is 2. The topological polar surface area (TPSA) is 34.2 Å². The van der Waals surface area contributed by atoms with E-state index in [-0.39, 0.29) is 24.8 Å². The molecule has 0 aliphatic carbocycles. The van der Waals surface area contributed by atoms with Gasteiger partial charge in [0.1, 0.15) is 0 Å². The van der Waals surface area contributed by atoms with Crippen LogP contribution >= 0.6 is 24.8 Å². The molecule has 0 unspecified atom stereocenters. The van der Waals surface area contributed by atoms with Gasteiger partial charge in [-0.05, 0) is 36.8 Å². The molecule has 2 aromatic carbocycles. The van der Waals surface area contributed by atoms with E-state index in [0.717, 1.165) is 28.3 Å². The highest BCUT2D eigenvalue weighted by molar-refractivity contribution is 5.90. The Morgan fingerprint density at radius 1 is 0.864 bits per heavy atom. The zero-order valence-corrected chi connectivity index (χ0v) is 14.3. The average molecular weight is 340 g/mol. The molecule has 0 saturated heterocycles. The zero-order valence-electron chi connectivity index (χ0n) is 12.7. The first-order valence-corrected chi connectivity index (χ1v) is 6.54. The number of aryl methyl sites for hydroxylation is 1. The Morgan fingerprint density at radius 3 is 2.18 bits per heavy atom. The lowest BCUT2D eigenvalue weighted by atomic mass is 10.1. The predicted octanol–water partition coefficient (Wildman–Crippen LogP) is 5.00. The van der Waals surface area contributed by atoms with Gasteiger partial charge >= 0.3 is 0 Å². The van der Waals surface area contributed by atoms with Crippen LogP contribution in [-0.4, -0.2) is 19.2 Å². The zero-order chi connectivity index (χ0) is 14.1. The SMILES string of the molecule is COc1ccc(-c2[nH]c3ccccc3c2C)cc1OC.Cl.Cl. The second-order valence-corrected chi connectivity index (χ2v) is 4.74. The summed E-state index contributed by atoms with van der Waals surface area (Å²) in [4.78, 5) is 3.47. The maximum Gasteiger partial charge on any atom is 0.161 e. The van der Waals surface area contributed by atoms with Gasteiger partial charge < -0.3 is 14.5 Å². The quantitative estimate of drug-likeness (QED) is 0.728. The number of methoxy groups -OCH3 is 2. The molecule has 0 aliphatic heterocycles. The van der Waals surface area contributed by atoms with E-state index in [2.05, 4.69) is 30.1 Å². The minimum atomic E-state index is 0. The summed E-state index contributed by atoms with van der Waals surface area (Å²) < 4.78 is 10.7. The number of fused-ring (bicyclic) bond motifs is 1. The number of benzene rings is 2. The van der Waals surface area contributed by atoms with Gasteiger partial charge in [-0.3, -0.25) is 0 Å². The number of H-pyrrole nitrogens is 1. The van der Waals surface area contributed by atoms with E-state index < -0.39 is 0 Å². The molecule has 5 heteroatoms. The van der Waals surface area contributed by atoms with E-state index in [1.165, 1.54) is 10.9 Å². The number of hydrogen-bond acceptors (Lipinski definition) is 2. The van der Waals surface area contributed by atoms with Crippen LogP contribution in [0.1, 0.15) is 5.56 Å². The average Bonchev–Trinajstić information content (AvgIpc) is 2.84. The van der Waals surface area contributed by atoms with Gasteiger partial charge in [0.05, 0.1) is 14.2 Å². The second kappa shape index (κ2) is 7.43. The Labute approximate surface area is 142 Å². The van der Waals surface area contributed by atoms with Crippen molar-refractivity contribution in [2.24, 2.45) is 0 Å². The molecule has 0 amide bonds. The molecule has 0 atom stereocenters. The van der Waals surface area contributed by atoms with Crippen LogP contribution < -0.4 is 9.47 Å². The fourth-order valence-electron chi connectivity index (χ4n) is 2.56. The number of rotatable bonds is 3. The number of halogens is 2. The monoisotopic (exact) mass is 339 g/mol. The smallest absolute Gasteiger partial charge is 0.161 e. The highest BCUT2D eigenvalue weighted by Gasteiger charge is 2.11. The number of aromatic amines is 1. The van der Waals surface area contributed by atoms with Gasteiger partial charge in [-0.2, -0.15) is 0 Å². The van der Waals surface area contributed by atoms with Gasteiger partial charge in [-0.25, -0.2) is 0 Å². The lowest BCUT2D eigenvalue weighted by molar-refractivity contribution is 0.355. The third-order valence-electron chi connectivity index (χ3n) is 3.64. The summed E-state index contributed by atoms with van der Waals surface area (Å²) in [6.07, 6.45) is 0. The van der Waals surface area contributed by atoms with E-state index in [4.69, 9.17) is 9.47 Å². The molecule has 0 saturated carbocycles. The van der Waals surface area contributed by atoms with Crippen molar-refractivity contribution in [3.8, 4) is 22.8 Å². The third kappa shape index (κ3) is 3.01. The predicted molar refractivity (Wildman–Crippen MR) is 96.1 cm³/mol. The normalized spacial score (nSPS) is 9.77. The van der Waals surface area contributed by atoms with Crippen LogP contribution in [0.15, 0.2) is 42.5 Å². The maximum atomic E-state index is 5.37. The van der Waals surface area contributed by atoms with Crippen molar-refractivity contribution < 1.29 is 9.47 Å². The van der Waals surface area contributed by atoms with Crippen LogP contribution in [-0.2, 0) is 0 Å². The summed E-state index contributed by atoms with van der Waals surface area (Å²) in [6, 6.07) is 14.3. The van der Waals surface area contributed by atoms with Gasteiger partial charge in [-0.1, -0.05) is 18.2 Å². The fraction of sp³-hybridized carbons (Fsp3) is 0.176. The van der Waals surface area contributed by atoms with Gasteiger partial charge in [0, 0.05) is 22.2 Å². The lowest BCUT2D eigenvalue weighted by Crippen LogP contribution is -1.91. The van der Waals surface area contributed by atoms with Crippen LogP contribution in [0.4, 0.5) is 0 Å². The van der Waals surface area contributed by atoms with E-state index in [9.17, 15) is 0 Å². The number of nitrogens with one attached hydrogen (secondary N) is 1. The van der Waals surface area contributed by atoms with Crippen molar-refractivity contribution in [1.29, 1.82) is 0 Å². The fourth-order valence-corrected chi connectivity index (χ4v) is 2.56. The molecular weight excluding hydrogens is 321 g/mol. The molecule has 0 radical (unpaired) electrons. The summed E-state index contributed by atoms with van der Waals surface area (Å²) in [7, 11) is 3.30. The molecule has 0 aliphatic rings.